The van der Waals surface area contributed by atoms with E-state index >= 15 is 0 Å². The van der Waals surface area contributed by atoms with Gasteiger partial charge in [-0.3, -0.25) is 4.79 Å². The number of likely N-dealkylation sites (tertiary alicyclic amines) is 1. The van der Waals surface area contributed by atoms with Crippen LogP contribution in [0.15, 0.2) is 54.6 Å². The summed E-state index contributed by atoms with van der Waals surface area (Å²) in [6.07, 6.45) is 2.95. The minimum absolute atomic E-state index is 0.0337. The minimum Gasteiger partial charge on any atom is -0.362 e. The van der Waals surface area contributed by atoms with Crippen LogP contribution in [0.1, 0.15) is 70.2 Å². The van der Waals surface area contributed by atoms with Gasteiger partial charge in [0.2, 0.25) is 0 Å². The summed E-state index contributed by atoms with van der Waals surface area (Å²) < 4.78 is 20.2. The molecular weight excluding hydrogens is 389 g/mol. The van der Waals surface area contributed by atoms with Crippen molar-refractivity contribution in [3.63, 3.8) is 0 Å². The normalized spacial score (nSPS) is 29.7. The Bertz CT molecular complexity index is 882. The molecule has 3 nitrogen and oxygen atoms in total. The summed E-state index contributed by atoms with van der Waals surface area (Å²) in [4.78, 5) is 15.3. The maximum atomic E-state index is 13.6. The fourth-order valence-corrected chi connectivity index (χ4v) is 5.39. The van der Waals surface area contributed by atoms with Crippen LogP contribution < -0.4 is 0 Å². The molecule has 6 atom stereocenters. The first kappa shape index (κ1) is 22.0. The van der Waals surface area contributed by atoms with Crippen LogP contribution in [-0.4, -0.2) is 23.0 Å². The van der Waals surface area contributed by atoms with E-state index in [2.05, 4.69) is 27.7 Å². The number of carbonyl (C=O) groups excluding carboxylic acids is 1. The van der Waals surface area contributed by atoms with E-state index < -0.39 is 6.10 Å². The van der Waals surface area contributed by atoms with Crippen molar-refractivity contribution in [3.8, 4) is 0 Å². The van der Waals surface area contributed by atoms with E-state index in [0.717, 1.165) is 24.0 Å². The maximum absolute atomic E-state index is 13.6. The van der Waals surface area contributed by atoms with E-state index in [0.29, 0.717) is 17.8 Å². The van der Waals surface area contributed by atoms with Crippen molar-refractivity contribution in [1.82, 2.24) is 4.90 Å². The molecule has 1 saturated carbocycles. The van der Waals surface area contributed by atoms with Gasteiger partial charge in [-0.05, 0) is 60.8 Å². The molecule has 2 aromatic rings. The molecule has 2 aliphatic rings. The topological polar surface area (TPSA) is 29.5 Å². The summed E-state index contributed by atoms with van der Waals surface area (Å²) in [5, 5.41) is 0. The average Bonchev–Trinajstić information content (AvgIpc) is 2.76. The van der Waals surface area contributed by atoms with Crippen LogP contribution in [-0.2, 0) is 9.53 Å². The Morgan fingerprint density at radius 2 is 1.68 bits per heavy atom. The first-order chi connectivity index (χ1) is 14.9. The van der Waals surface area contributed by atoms with Crippen LogP contribution in [0.2, 0.25) is 0 Å². The van der Waals surface area contributed by atoms with Crippen molar-refractivity contribution in [2.24, 2.45) is 17.8 Å². The molecular formula is C27H34FNO2. The summed E-state index contributed by atoms with van der Waals surface area (Å²) in [7, 11) is 0. The lowest BCUT2D eigenvalue weighted by Gasteiger charge is -2.52. The first-order valence-corrected chi connectivity index (χ1v) is 11.6. The molecule has 4 heteroatoms. The highest BCUT2D eigenvalue weighted by molar-refractivity contribution is 5.89. The van der Waals surface area contributed by atoms with Gasteiger partial charge >= 0.3 is 0 Å². The zero-order chi connectivity index (χ0) is 22.1. The van der Waals surface area contributed by atoms with Crippen LogP contribution in [0.5, 0.6) is 0 Å². The second-order valence-corrected chi connectivity index (χ2v) is 9.75. The fourth-order valence-electron chi connectivity index (χ4n) is 5.39. The molecule has 166 valence electrons. The van der Waals surface area contributed by atoms with Gasteiger partial charge in [0.1, 0.15) is 5.82 Å². The van der Waals surface area contributed by atoms with Gasteiger partial charge in [-0.25, -0.2) is 4.39 Å². The highest BCUT2D eigenvalue weighted by Gasteiger charge is 2.53. The standard InChI is InChI=1S/C27H34FNO2/c1-17(2)23-15-10-18(3)16-24(23)31-26-25(21-11-13-22(28)14-12-21)29(27(26)30)19(4)20-8-6-5-7-9-20/h5-9,11-14,17-19,23-26H,10,15-16H2,1-4H3/t18-,19+,23+,24-,25-,26+/m1/s1. The Labute approximate surface area is 185 Å². The quantitative estimate of drug-likeness (QED) is 0.509. The van der Waals surface area contributed by atoms with E-state index in [1.807, 2.05) is 35.2 Å². The Hall–Kier alpha value is -2.20. The van der Waals surface area contributed by atoms with Crippen molar-refractivity contribution < 1.29 is 13.9 Å². The van der Waals surface area contributed by atoms with Gasteiger partial charge < -0.3 is 9.64 Å². The van der Waals surface area contributed by atoms with E-state index in [1.165, 1.54) is 18.6 Å². The maximum Gasteiger partial charge on any atom is 0.255 e. The van der Waals surface area contributed by atoms with E-state index in [9.17, 15) is 9.18 Å². The van der Waals surface area contributed by atoms with Gasteiger partial charge in [-0.15, -0.1) is 0 Å². The van der Waals surface area contributed by atoms with Gasteiger partial charge in [-0.1, -0.05) is 69.7 Å². The predicted octanol–water partition coefficient (Wildman–Crippen LogP) is 6.32. The molecule has 0 unspecified atom stereocenters. The summed E-state index contributed by atoms with van der Waals surface area (Å²) in [5.74, 6) is 1.37. The molecule has 4 rings (SSSR count). The Morgan fingerprint density at radius 1 is 1.00 bits per heavy atom. The number of halogens is 1. The van der Waals surface area contributed by atoms with Crippen molar-refractivity contribution in [2.45, 2.75) is 71.2 Å². The van der Waals surface area contributed by atoms with E-state index in [-0.39, 0.29) is 29.9 Å². The third-order valence-corrected chi connectivity index (χ3v) is 7.28. The van der Waals surface area contributed by atoms with Crippen LogP contribution >= 0.6 is 0 Å². The first-order valence-electron chi connectivity index (χ1n) is 11.6. The summed E-state index contributed by atoms with van der Waals surface area (Å²) in [6.45, 7) is 8.83. The largest absolute Gasteiger partial charge is 0.362 e. The zero-order valence-electron chi connectivity index (χ0n) is 19.0. The van der Waals surface area contributed by atoms with E-state index in [4.69, 9.17) is 4.74 Å². The van der Waals surface area contributed by atoms with E-state index in [1.54, 1.807) is 12.1 Å². The van der Waals surface area contributed by atoms with Gasteiger partial charge in [0.25, 0.3) is 5.91 Å². The molecule has 1 aliphatic carbocycles. The molecule has 0 spiro atoms. The average molecular weight is 424 g/mol. The second kappa shape index (κ2) is 9.12. The molecule has 2 fully saturated rings. The highest BCUT2D eigenvalue weighted by atomic mass is 19.1. The third kappa shape index (κ3) is 4.41. The molecule has 0 radical (unpaired) electrons. The molecule has 1 heterocycles. The lowest BCUT2D eigenvalue weighted by atomic mass is 9.75. The Balaban J connectivity index is 1.62. The van der Waals surface area contributed by atoms with Crippen LogP contribution in [0.4, 0.5) is 4.39 Å². The monoisotopic (exact) mass is 423 g/mol. The second-order valence-electron chi connectivity index (χ2n) is 9.75. The zero-order valence-corrected chi connectivity index (χ0v) is 19.0. The number of hydrogen-bond acceptors (Lipinski definition) is 2. The number of carbonyl (C=O) groups is 1. The smallest absolute Gasteiger partial charge is 0.255 e. The van der Waals surface area contributed by atoms with Gasteiger partial charge in [0.05, 0.1) is 18.2 Å². The minimum atomic E-state index is -0.506. The molecule has 2 aromatic carbocycles. The molecule has 0 bridgehead atoms. The fraction of sp³-hybridized carbons (Fsp3) is 0.519. The molecule has 1 aliphatic heterocycles. The lowest BCUT2D eigenvalue weighted by Crippen LogP contribution is -2.61. The van der Waals surface area contributed by atoms with Crippen molar-refractivity contribution in [2.75, 3.05) is 0 Å². The number of hydrogen-bond donors (Lipinski definition) is 0. The molecule has 0 aromatic heterocycles. The number of ether oxygens (including phenoxy) is 1. The lowest BCUT2D eigenvalue weighted by molar-refractivity contribution is -0.196. The SMILES string of the molecule is CC(C)[C@@H]1CC[C@@H](C)C[C@H]1O[C@@H]1C(=O)N([C@@H](C)c2ccccc2)[C@@H]1c1ccc(F)cc1. The number of amides is 1. The van der Waals surface area contributed by atoms with Crippen molar-refractivity contribution >= 4 is 5.91 Å². The molecule has 1 amide bonds. The van der Waals surface area contributed by atoms with Crippen LogP contribution in [0.3, 0.4) is 0 Å². The third-order valence-electron chi connectivity index (χ3n) is 7.28. The number of β-lactam (4-membered cyclic amide) rings is 1. The van der Waals surface area contributed by atoms with Crippen LogP contribution in [0, 0.1) is 23.6 Å². The summed E-state index contributed by atoms with van der Waals surface area (Å²) >= 11 is 0. The number of nitrogens with zero attached hydrogens (tertiary/aromatic N) is 1. The summed E-state index contributed by atoms with van der Waals surface area (Å²) in [5.41, 5.74) is 2.02. The van der Waals surface area contributed by atoms with Crippen molar-refractivity contribution in [3.05, 3.63) is 71.5 Å². The summed E-state index contributed by atoms with van der Waals surface area (Å²) in [6, 6.07) is 16.3. The number of rotatable bonds is 6. The molecule has 0 N–H and O–H groups in total. The van der Waals surface area contributed by atoms with Gasteiger partial charge in [-0.2, -0.15) is 0 Å². The van der Waals surface area contributed by atoms with Crippen LogP contribution in [0.25, 0.3) is 0 Å². The number of benzene rings is 2. The van der Waals surface area contributed by atoms with Gasteiger partial charge in [0, 0.05) is 0 Å². The van der Waals surface area contributed by atoms with Crippen molar-refractivity contribution in [1.29, 1.82) is 0 Å². The molecule has 31 heavy (non-hydrogen) atoms. The Morgan fingerprint density at radius 3 is 2.32 bits per heavy atom. The highest BCUT2D eigenvalue weighted by Crippen LogP contribution is 2.46. The predicted molar refractivity (Wildman–Crippen MR) is 121 cm³/mol. The van der Waals surface area contributed by atoms with Gasteiger partial charge in [0.15, 0.2) is 6.10 Å². The molecule has 1 saturated heterocycles. The Kier molecular flexibility index (Phi) is 6.47.